The van der Waals surface area contributed by atoms with Crippen LogP contribution in [0.3, 0.4) is 0 Å². The van der Waals surface area contributed by atoms with Gasteiger partial charge in [-0.3, -0.25) is 8.75 Å². The molecule has 0 bridgehead atoms. The van der Waals surface area contributed by atoms with E-state index in [4.69, 9.17) is 10.9 Å². The molecule has 0 spiro atoms. The molecule has 14 heavy (non-hydrogen) atoms. The molecule has 0 aliphatic heterocycles. The molecule has 5 nitrogen and oxygen atoms in total. The van der Waals surface area contributed by atoms with Crippen LogP contribution in [0.5, 0.6) is 0 Å². The van der Waals surface area contributed by atoms with Crippen molar-refractivity contribution in [3.8, 4) is 12.3 Å². The van der Waals surface area contributed by atoms with E-state index in [9.17, 15) is 13.0 Å². The summed E-state index contributed by atoms with van der Waals surface area (Å²) in [6.07, 6.45) is 4.82. The van der Waals surface area contributed by atoms with Crippen LogP contribution in [0.4, 0.5) is 0 Å². The average Bonchev–Trinajstić information content (AvgIpc) is 1.98. The van der Waals surface area contributed by atoms with E-state index in [1.54, 1.807) is 6.92 Å². The van der Waals surface area contributed by atoms with Gasteiger partial charge >= 0.3 is 0 Å². The summed E-state index contributed by atoms with van der Waals surface area (Å²) in [7, 11) is -6.99. The van der Waals surface area contributed by atoms with Crippen LogP contribution in [0.2, 0.25) is 0 Å². The average molecular weight is 240 g/mol. The predicted molar refractivity (Wildman–Crippen MR) is 53.7 cm³/mol. The molecular weight excluding hydrogens is 227 g/mol. The van der Waals surface area contributed by atoms with Gasteiger partial charge in [0.15, 0.2) is 5.49 Å². The van der Waals surface area contributed by atoms with Crippen molar-refractivity contribution in [2.75, 3.05) is 25.4 Å². The molecule has 0 saturated heterocycles. The lowest BCUT2D eigenvalue weighted by atomic mass is 10.8. The second-order valence-corrected chi connectivity index (χ2v) is 7.26. The van der Waals surface area contributed by atoms with E-state index in [-0.39, 0.29) is 13.2 Å². The zero-order chi connectivity index (χ0) is 11.2. The maximum Gasteiger partial charge on any atom is 0.277 e. The molecule has 0 aromatic carbocycles. The Bertz CT molecular complexity index is 353. The van der Waals surface area contributed by atoms with Crippen molar-refractivity contribution >= 4 is 17.5 Å². The second-order valence-electron chi connectivity index (χ2n) is 2.58. The van der Waals surface area contributed by atoms with Crippen LogP contribution in [0.15, 0.2) is 0 Å². The van der Waals surface area contributed by atoms with Crippen molar-refractivity contribution in [2.24, 2.45) is 0 Å². The monoisotopic (exact) mass is 240 g/mol. The molecule has 0 aliphatic carbocycles. The van der Waals surface area contributed by atoms with Crippen molar-refractivity contribution in [1.82, 2.24) is 0 Å². The third-order valence-corrected chi connectivity index (χ3v) is 5.54. The second kappa shape index (κ2) is 5.52. The number of hydrogen-bond acceptors (Lipinski definition) is 5. The Morgan fingerprint density at radius 3 is 2.50 bits per heavy atom. The Hall–Kier alpha value is -0.340. The zero-order valence-corrected chi connectivity index (χ0v) is 9.81. The normalized spacial score (nSPS) is 15.8. The van der Waals surface area contributed by atoms with Crippen LogP contribution in [0, 0.1) is 12.3 Å². The van der Waals surface area contributed by atoms with E-state index in [1.807, 2.05) is 5.92 Å². The Morgan fingerprint density at radius 1 is 1.50 bits per heavy atom. The minimum atomic E-state index is -3.85. The summed E-state index contributed by atoms with van der Waals surface area (Å²) in [4.78, 5) is 0. The lowest BCUT2D eigenvalue weighted by Crippen LogP contribution is -2.12. The van der Waals surface area contributed by atoms with Gasteiger partial charge in [0.2, 0.25) is 7.37 Å². The molecule has 0 radical (unpaired) electrons. The Morgan fingerprint density at radius 2 is 2.07 bits per heavy atom. The lowest BCUT2D eigenvalue weighted by molar-refractivity contribution is 0.335. The third kappa shape index (κ3) is 6.17. The van der Waals surface area contributed by atoms with Gasteiger partial charge in [-0.25, -0.2) is 0 Å². The summed E-state index contributed by atoms with van der Waals surface area (Å²) in [5, 5.41) is 0. The molecular formula is C7H13O5PS. The minimum Gasteiger partial charge on any atom is -0.328 e. The molecule has 0 fully saturated rings. The fourth-order valence-corrected chi connectivity index (χ4v) is 4.45. The number of hydrogen-bond donors (Lipinski definition) is 0. The van der Waals surface area contributed by atoms with Crippen LogP contribution in [-0.4, -0.2) is 33.8 Å². The topological polar surface area (TPSA) is 69.7 Å². The SMILES string of the molecule is C#CCOS(=O)(=O)CP(C)(=O)OCC. The highest BCUT2D eigenvalue weighted by Gasteiger charge is 2.25. The molecule has 0 aromatic heterocycles. The van der Waals surface area contributed by atoms with E-state index in [0.717, 1.165) is 0 Å². The standard InChI is InChI=1S/C7H13O5PS/c1-4-6-12-14(9,10)7-13(3,8)11-5-2/h1H,5-7H2,2-3H3. The first-order valence-corrected chi connectivity index (χ1v) is 7.68. The molecule has 1 unspecified atom stereocenters. The molecule has 0 saturated carbocycles. The van der Waals surface area contributed by atoms with E-state index < -0.39 is 23.0 Å². The van der Waals surface area contributed by atoms with Gasteiger partial charge in [0.25, 0.3) is 10.1 Å². The first-order valence-electron chi connectivity index (χ1n) is 3.84. The van der Waals surface area contributed by atoms with Gasteiger partial charge in [0.1, 0.15) is 6.61 Å². The largest absolute Gasteiger partial charge is 0.328 e. The quantitative estimate of drug-likeness (QED) is 0.391. The summed E-state index contributed by atoms with van der Waals surface area (Å²) in [6, 6.07) is 0. The van der Waals surface area contributed by atoms with Gasteiger partial charge in [-0.1, -0.05) is 5.92 Å². The van der Waals surface area contributed by atoms with Crippen molar-refractivity contribution < 1.29 is 21.7 Å². The summed E-state index contributed by atoms with van der Waals surface area (Å²) in [5.74, 6) is 2.01. The Balaban J connectivity index is 4.37. The zero-order valence-electron chi connectivity index (χ0n) is 8.10. The van der Waals surface area contributed by atoms with E-state index >= 15 is 0 Å². The molecule has 0 amide bonds. The molecule has 0 aliphatic rings. The number of terminal acetylenes is 1. The maximum absolute atomic E-state index is 11.5. The Kier molecular flexibility index (Phi) is 5.38. The summed E-state index contributed by atoms with van der Waals surface area (Å²) in [5.41, 5.74) is -0.643. The Labute approximate surface area is 84.4 Å². The predicted octanol–water partition coefficient (Wildman–Crippen LogP) is 0.868. The van der Waals surface area contributed by atoms with Crippen LogP contribution < -0.4 is 0 Å². The fraction of sp³-hybridized carbons (Fsp3) is 0.714. The van der Waals surface area contributed by atoms with Gasteiger partial charge in [0.05, 0.1) is 6.61 Å². The van der Waals surface area contributed by atoms with Crippen LogP contribution >= 0.6 is 7.37 Å². The summed E-state index contributed by atoms with van der Waals surface area (Å²) >= 11 is 0. The van der Waals surface area contributed by atoms with Gasteiger partial charge in [-0.05, 0) is 6.92 Å². The molecule has 7 heteroatoms. The smallest absolute Gasteiger partial charge is 0.277 e. The summed E-state index contributed by atoms with van der Waals surface area (Å²) < 4.78 is 42.8. The number of rotatable bonds is 6. The maximum atomic E-state index is 11.5. The van der Waals surface area contributed by atoms with Crippen LogP contribution in [0.1, 0.15) is 6.92 Å². The molecule has 0 rings (SSSR count). The molecule has 0 heterocycles. The van der Waals surface area contributed by atoms with Crippen LogP contribution in [0.25, 0.3) is 0 Å². The molecule has 1 atom stereocenters. The highest BCUT2D eigenvalue weighted by atomic mass is 32.2. The molecule has 82 valence electrons. The van der Waals surface area contributed by atoms with Crippen molar-refractivity contribution in [3.63, 3.8) is 0 Å². The highest BCUT2D eigenvalue weighted by Crippen LogP contribution is 2.43. The van der Waals surface area contributed by atoms with Crippen LogP contribution in [-0.2, 0) is 23.4 Å². The fourth-order valence-electron chi connectivity index (χ4n) is 0.759. The first kappa shape index (κ1) is 13.7. The van der Waals surface area contributed by atoms with E-state index in [2.05, 4.69) is 4.18 Å². The van der Waals surface area contributed by atoms with Gasteiger partial charge in [-0.2, -0.15) is 8.42 Å². The van der Waals surface area contributed by atoms with Gasteiger partial charge < -0.3 is 4.52 Å². The van der Waals surface area contributed by atoms with E-state index in [0.29, 0.717) is 0 Å². The van der Waals surface area contributed by atoms with Crippen molar-refractivity contribution in [2.45, 2.75) is 6.92 Å². The molecule has 0 aromatic rings. The van der Waals surface area contributed by atoms with Gasteiger partial charge in [-0.15, -0.1) is 6.42 Å². The summed E-state index contributed by atoms with van der Waals surface area (Å²) in [6.45, 7) is 2.71. The van der Waals surface area contributed by atoms with Crippen molar-refractivity contribution in [1.29, 1.82) is 0 Å². The third-order valence-electron chi connectivity index (χ3n) is 1.12. The minimum absolute atomic E-state index is 0.193. The van der Waals surface area contributed by atoms with E-state index in [1.165, 1.54) is 6.66 Å². The highest BCUT2D eigenvalue weighted by molar-refractivity contribution is 7.94. The van der Waals surface area contributed by atoms with Crippen molar-refractivity contribution in [3.05, 3.63) is 0 Å². The van der Waals surface area contributed by atoms with Gasteiger partial charge in [0, 0.05) is 6.66 Å². The lowest BCUT2D eigenvalue weighted by Gasteiger charge is -2.11. The molecule has 0 N–H and O–H groups in total. The first-order chi connectivity index (χ1) is 6.33.